The van der Waals surface area contributed by atoms with Crippen LogP contribution in [0.5, 0.6) is 0 Å². The molecule has 0 aliphatic rings. The fourth-order valence-electron chi connectivity index (χ4n) is 1.17. The fourth-order valence-corrected chi connectivity index (χ4v) is 1.35. The number of anilines is 1. The molecule has 0 aliphatic carbocycles. The van der Waals surface area contributed by atoms with E-state index < -0.39 is 5.91 Å². The molecule has 0 heterocycles. The molecule has 5 N–H and O–H groups in total. The SMILES string of the molecule is CCNc1cc(C(=O)N=C(N)N)ccc1Cl. The van der Waals surface area contributed by atoms with Gasteiger partial charge in [-0.3, -0.25) is 4.79 Å². The second-order valence-corrected chi connectivity index (χ2v) is 3.47. The number of hydrogen-bond acceptors (Lipinski definition) is 2. The van der Waals surface area contributed by atoms with Crippen molar-refractivity contribution in [1.29, 1.82) is 0 Å². The standard InChI is InChI=1S/C10H13ClN4O/c1-2-14-8-5-6(3-4-7(8)11)9(16)15-10(12)13/h3-5,14H,2H2,1H3,(H4,12,13,15,16). The van der Waals surface area contributed by atoms with Gasteiger partial charge in [0.1, 0.15) is 0 Å². The van der Waals surface area contributed by atoms with Crippen LogP contribution >= 0.6 is 11.6 Å². The van der Waals surface area contributed by atoms with Crippen LogP contribution in [0.4, 0.5) is 5.69 Å². The van der Waals surface area contributed by atoms with Gasteiger partial charge >= 0.3 is 0 Å². The summed E-state index contributed by atoms with van der Waals surface area (Å²) in [6.07, 6.45) is 0. The Bertz CT molecular complexity index is 427. The van der Waals surface area contributed by atoms with Crippen molar-refractivity contribution >= 4 is 29.2 Å². The van der Waals surface area contributed by atoms with Gasteiger partial charge in [0.2, 0.25) is 0 Å². The molecule has 86 valence electrons. The molecule has 0 fully saturated rings. The second kappa shape index (κ2) is 5.37. The molecule has 0 saturated heterocycles. The van der Waals surface area contributed by atoms with E-state index in [2.05, 4.69) is 10.3 Å². The first-order valence-electron chi connectivity index (χ1n) is 4.72. The Morgan fingerprint density at radius 1 is 1.50 bits per heavy atom. The van der Waals surface area contributed by atoms with Gasteiger partial charge in [-0.2, -0.15) is 4.99 Å². The monoisotopic (exact) mass is 240 g/mol. The predicted octanol–water partition coefficient (Wildman–Crippen LogP) is 1.19. The Morgan fingerprint density at radius 2 is 2.19 bits per heavy atom. The third-order valence-corrected chi connectivity index (χ3v) is 2.14. The minimum absolute atomic E-state index is 0.259. The molecule has 0 saturated carbocycles. The van der Waals surface area contributed by atoms with Crippen LogP contribution in [0.3, 0.4) is 0 Å². The van der Waals surface area contributed by atoms with Crippen LogP contribution in [0.1, 0.15) is 17.3 Å². The number of amides is 1. The Balaban J connectivity index is 3.03. The van der Waals surface area contributed by atoms with Crippen molar-refractivity contribution in [3.8, 4) is 0 Å². The smallest absolute Gasteiger partial charge is 0.280 e. The molecule has 5 nitrogen and oxygen atoms in total. The summed E-state index contributed by atoms with van der Waals surface area (Å²) in [6.45, 7) is 2.64. The normalized spacial score (nSPS) is 9.62. The average molecular weight is 241 g/mol. The van der Waals surface area contributed by atoms with Gasteiger partial charge in [-0.1, -0.05) is 11.6 Å². The maximum absolute atomic E-state index is 11.5. The molecule has 1 rings (SSSR count). The topological polar surface area (TPSA) is 93.5 Å². The summed E-state index contributed by atoms with van der Waals surface area (Å²) in [6, 6.07) is 4.80. The predicted molar refractivity (Wildman–Crippen MR) is 65.8 cm³/mol. The van der Waals surface area contributed by atoms with Gasteiger partial charge < -0.3 is 16.8 Å². The molecule has 16 heavy (non-hydrogen) atoms. The third-order valence-electron chi connectivity index (χ3n) is 1.81. The number of aliphatic imine (C=N–C) groups is 1. The zero-order valence-corrected chi connectivity index (χ0v) is 9.58. The number of nitrogens with zero attached hydrogens (tertiary/aromatic N) is 1. The molecular weight excluding hydrogens is 228 g/mol. The summed E-state index contributed by atoms with van der Waals surface area (Å²) in [7, 11) is 0. The maximum atomic E-state index is 11.5. The van der Waals surface area contributed by atoms with E-state index in [0.717, 1.165) is 0 Å². The van der Waals surface area contributed by atoms with E-state index in [-0.39, 0.29) is 5.96 Å². The molecule has 0 spiro atoms. The van der Waals surface area contributed by atoms with Gasteiger partial charge in [-0.25, -0.2) is 0 Å². The summed E-state index contributed by atoms with van der Waals surface area (Å²) in [4.78, 5) is 14.9. The largest absolute Gasteiger partial charge is 0.384 e. The highest BCUT2D eigenvalue weighted by Crippen LogP contribution is 2.23. The number of carbonyl (C=O) groups is 1. The van der Waals surface area contributed by atoms with E-state index in [1.807, 2.05) is 6.92 Å². The highest BCUT2D eigenvalue weighted by Gasteiger charge is 2.07. The minimum Gasteiger partial charge on any atom is -0.384 e. The lowest BCUT2D eigenvalue weighted by Crippen LogP contribution is -2.24. The Hall–Kier alpha value is -1.75. The lowest BCUT2D eigenvalue weighted by Gasteiger charge is -2.06. The van der Waals surface area contributed by atoms with Crippen molar-refractivity contribution in [1.82, 2.24) is 0 Å². The first-order valence-corrected chi connectivity index (χ1v) is 5.09. The highest BCUT2D eigenvalue weighted by molar-refractivity contribution is 6.33. The number of nitrogens with one attached hydrogen (secondary N) is 1. The van der Waals surface area contributed by atoms with Gasteiger partial charge in [-0.05, 0) is 25.1 Å². The Labute approximate surface area is 98.5 Å². The number of hydrogen-bond donors (Lipinski definition) is 3. The molecule has 0 aliphatic heterocycles. The molecule has 0 bridgehead atoms. The molecule has 0 aromatic heterocycles. The fraction of sp³-hybridized carbons (Fsp3) is 0.200. The number of halogens is 1. The van der Waals surface area contributed by atoms with E-state index in [1.165, 1.54) is 0 Å². The Kier molecular flexibility index (Phi) is 4.13. The van der Waals surface area contributed by atoms with Crippen LogP contribution in [-0.2, 0) is 0 Å². The van der Waals surface area contributed by atoms with Crippen molar-refractivity contribution in [2.24, 2.45) is 16.5 Å². The molecule has 6 heteroatoms. The van der Waals surface area contributed by atoms with Crippen molar-refractivity contribution in [3.05, 3.63) is 28.8 Å². The first kappa shape index (κ1) is 12.3. The number of nitrogens with two attached hydrogens (primary N) is 2. The molecule has 1 amide bonds. The van der Waals surface area contributed by atoms with E-state index in [9.17, 15) is 4.79 Å². The number of rotatable bonds is 3. The lowest BCUT2D eigenvalue weighted by atomic mass is 10.2. The molecule has 1 aromatic rings. The summed E-state index contributed by atoms with van der Waals surface area (Å²) in [5, 5.41) is 3.57. The summed E-state index contributed by atoms with van der Waals surface area (Å²) >= 11 is 5.93. The molecule has 0 radical (unpaired) electrons. The zero-order valence-electron chi connectivity index (χ0n) is 8.83. The van der Waals surface area contributed by atoms with Crippen LogP contribution in [0.25, 0.3) is 0 Å². The van der Waals surface area contributed by atoms with Crippen molar-refractivity contribution in [2.45, 2.75) is 6.92 Å². The van der Waals surface area contributed by atoms with Crippen LogP contribution < -0.4 is 16.8 Å². The van der Waals surface area contributed by atoms with E-state index in [4.69, 9.17) is 23.1 Å². The third kappa shape index (κ3) is 3.13. The summed E-state index contributed by atoms with van der Waals surface area (Å²) in [5.41, 5.74) is 11.3. The van der Waals surface area contributed by atoms with E-state index in [0.29, 0.717) is 22.8 Å². The van der Waals surface area contributed by atoms with Gasteiger partial charge in [0.15, 0.2) is 5.96 Å². The van der Waals surface area contributed by atoms with Gasteiger partial charge in [0, 0.05) is 12.1 Å². The summed E-state index contributed by atoms with van der Waals surface area (Å²) < 4.78 is 0. The number of guanidine groups is 1. The second-order valence-electron chi connectivity index (χ2n) is 3.07. The van der Waals surface area contributed by atoms with Crippen LogP contribution in [-0.4, -0.2) is 18.4 Å². The Morgan fingerprint density at radius 3 is 2.75 bits per heavy atom. The maximum Gasteiger partial charge on any atom is 0.280 e. The van der Waals surface area contributed by atoms with E-state index >= 15 is 0 Å². The molecular formula is C10H13ClN4O. The van der Waals surface area contributed by atoms with Crippen molar-refractivity contribution in [2.75, 3.05) is 11.9 Å². The molecule has 1 aromatic carbocycles. The van der Waals surface area contributed by atoms with Crippen LogP contribution in [0, 0.1) is 0 Å². The van der Waals surface area contributed by atoms with Crippen LogP contribution in [0.15, 0.2) is 23.2 Å². The zero-order chi connectivity index (χ0) is 12.1. The average Bonchev–Trinajstić information content (AvgIpc) is 2.20. The number of benzene rings is 1. The highest BCUT2D eigenvalue weighted by atomic mass is 35.5. The van der Waals surface area contributed by atoms with E-state index in [1.54, 1.807) is 18.2 Å². The van der Waals surface area contributed by atoms with Crippen molar-refractivity contribution in [3.63, 3.8) is 0 Å². The summed E-state index contributed by atoms with van der Waals surface area (Å²) in [5.74, 6) is -0.749. The minimum atomic E-state index is -0.490. The van der Waals surface area contributed by atoms with Crippen molar-refractivity contribution < 1.29 is 4.79 Å². The van der Waals surface area contributed by atoms with Gasteiger partial charge in [-0.15, -0.1) is 0 Å². The van der Waals surface area contributed by atoms with Crippen LogP contribution in [0.2, 0.25) is 5.02 Å². The van der Waals surface area contributed by atoms with Gasteiger partial charge in [0.25, 0.3) is 5.91 Å². The quantitative estimate of drug-likeness (QED) is 0.546. The number of carbonyl (C=O) groups excluding carboxylic acids is 1. The molecule has 0 atom stereocenters. The molecule has 0 unspecified atom stereocenters. The first-order chi connectivity index (χ1) is 7.54. The van der Waals surface area contributed by atoms with Gasteiger partial charge in [0.05, 0.1) is 10.7 Å². The lowest BCUT2D eigenvalue weighted by molar-refractivity contribution is 0.100.